The van der Waals surface area contributed by atoms with Gasteiger partial charge in [-0.25, -0.2) is 0 Å². The van der Waals surface area contributed by atoms with Crippen LogP contribution in [0.15, 0.2) is 125 Å². The van der Waals surface area contributed by atoms with E-state index in [0.717, 1.165) is 33.3 Å². The lowest BCUT2D eigenvalue weighted by atomic mass is 9.34. The lowest BCUT2D eigenvalue weighted by Gasteiger charge is -2.39. The van der Waals surface area contributed by atoms with E-state index in [2.05, 4.69) is 188 Å². The highest BCUT2D eigenvalue weighted by atomic mass is 16.3. The number of fused-ring (bicyclic) bond motifs is 11. The van der Waals surface area contributed by atoms with E-state index in [1.54, 1.807) is 0 Å². The molecule has 0 atom stereocenters. The van der Waals surface area contributed by atoms with E-state index >= 15 is 0 Å². The molecule has 1 aromatic heterocycles. The first-order chi connectivity index (χ1) is 25.7. The highest BCUT2D eigenvalue weighted by Crippen LogP contribution is 2.50. The summed E-state index contributed by atoms with van der Waals surface area (Å²) >= 11 is 0. The second-order valence-electron chi connectivity index (χ2n) is 18.4. The van der Waals surface area contributed by atoms with Gasteiger partial charge in [-0.3, -0.25) is 0 Å². The summed E-state index contributed by atoms with van der Waals surface area (Å²) < 4.78 is 6.98. The Balaban J connectivity index is 1.30. The average molecular weight is 703 g/mol. The molecule has 2 aliphatic heterocycles. The summed E-state index contributed by atoms with van der Waals surface area (Å²) in [5.74, 6) is 0. The van der Waals surface area contributed by atoms with Crippen molar-refractivity contribution in [1.82, 2.24) is 0 Å². The molecule has 7 aromatic rings. The third kappa shape index (κ3) is 4.68. The number of nitrogens with one attached hydrogen (secondary N) is 1. The molecule has 3 aliphatic rings. The fraction of sp³-hybridized carbons (Fsp3) is 0.240. The van der Waals surface area contributed by atoms with Gasteiger partial charge in [0.1, 0.15) is 5.58 Å². The van der Waals surface area contributed by atoms with Gasteiger partial charge in [-0.1, -0.05) is 146 Å². The first kappa shape index (κ1) is 33.1. The quantitative estimate of drug-likeness (QED) is 0.173. The number of anilines is 4. The Labute approximate surface area is 319 Å². The Bertz CT molecular complexity index is 2770. The maximum absolute atomic E-state index is 6.98. The zero-order valence-corrected chi connectivity index (χ0v) is 32.9. The molecule has 10 rings (SSSR count). The molecule has 0 unspecified atom stereocenters. The second-order valence-corrected chi connectivity index (χ2v) is 18.4. The number of benzene rings is 6. The Morgan fingerprint density at radius 2 is 1.41 bits per heavy atom. The van der Waals surface area contributed by atoms with Crippen molar-refractivity contribution >= 4 is 73.4 Å². The Morgan fingerprint density at radius 3 is 2.20 bits per heavy atom. The SMILES string of the molecule is Cc1cc2c3c(c1)N(c1cccc4c1oc1cc(C(C)(C)C)ccc14)c1cc(C(C)(C)C)ccc1B3c1cccc(c1)C1=C(N2)C(C)(C)c2ccccc21. The van der Waals surface area contributed by atoms with Gasteiger partial charge in [0.25, 0.3) is 0 Å². The molecule has 6 aromatic carbocycles. The van der Waals surface area contributed by atoms with E-state index in [1.165, 1.54) is 72.4 Å². The van der Waals surface area contributed by atoms with Crippen LogP contribution in [0.3, 0.4) is 0 Å². The smallest absolute Gasteiger partial charge is 0.249 e. The van der Waals surface area contributed by atoms with Crippen molar-refractivity contribution in [3.63, 3.8) is 0 Å². The predicted octanol–water partition coefficient (Wildman–Crippen LogP) is 11.3. The summed E-state index contributed by atoms with van der Waals surface area (Å²) in [7, 11) is 0. The minimum Gasteiger partial charge on any atom is -0.454 e. The van der Waals surface area contributed by atoms with Crippen LogP contribution in [-0.4, -0.2) is 6.71 Å². The van der Waals surface area contributed by atoms with E-state index < -0.39 is 0 Å². The number of aryl methyl sites for hydroxylation is 1. The molecule has 2 bridgehead atoms. The van der Waals surface area contributed by atoms with Crippen LogP contribution in [0.4, 0.5) is 22.7 Å². The molecule has 266 valence electrons. The molecule has 3 heterocycles. The fourth-order valence-electron chi connectivity index (χ4n) is 9.49. The molecule has 0 spiro atoms. The number of rotatable bonds is 1. The standard InChI is InChI=1S/C50H47BN2O/c1-29-24-39-45-42(25-29)53(40-19-13-17-35-34-22-20-32(49(5,6)7)28-43(34)54-46(35)40)41-27-31(48(2,3)4)21-23-38(41)51(45)33-15-12-14-30(26-33)44-36-16-10-11-18-37(36)50(8,9)47(44)52-39/h10-28,52H,1-9H3. The van der Waals surface area contributed by atoms with Gasteiger partial charge in [-0.2, -0.15) is 0 Å². The van der Waals surface area contributed by atoms with Crippen LogP contribution < -0.4 is 26.6 Å². The van der Waals surface area contributed by atoms with E-state index in [9.17, 15) is 0 Å². The van der Waals surface area contributed by atoms with Crippen molar-refractivity contribution in [2.24, 2.45) is 0 Å². The average Bonchev–Trinajstić information content (AvgIpc) is 3.62. The number of allylic oxidation sites excluding steroid dienone is 1. The highest BCUT2D eigenvalue weighted by Gasteiger charge is 2.43. The van der Waals surface area contributed by atoms with Crippen LogP contribution in [0, 0.1) is 6.92 Å². The molecular weight excluding hydrogens is 655 g/mol. The summed E-state index contributed by atoms with van der Waals surface area (Å²) in [6.45, 7) is 20.7. The van der Waals surface area contributed by atoms with Crippen LogP contribution >= 0.6 is 0 Å². The lowest BCUT2D eigenvalue weighted by Crippen LogP contribution is -2.58. The van der Waals surface area contributed by atoms with Gasteiger partial charge in [-0.05, 0) is 92.4 Å². The van der Waals surface area contributed by atoms with E-state index in [1.807, 2.05) is 0 Å². The van der Waals surface area contributed by atoms with Crippen molar-refractivity contribution in [2.45, 2.75) is 78.6 Å². The van der Waals surface area contributed by atoms with Crippen LogP contribution in [0.1, 0.15) is 88.8 Å². The molecule has 4 heteroatoms. The van der Waals surface area contributed by atoms with E-state index in [4.69, 9.17) is 4.42 Å². The Morgan fingerprint density at radius 1 is 0.667 bits per heavy atom. The fourth-order valence-corrected chi connectivity index (χ4v) is 9.49. The molecular formula is C50H47BN2O. The second kappa shape index (κ2) is 11.0. The van der Waals surface area contributed by atoms with Crippen molar-refractivity contribution < 1.29 is 4.42 Å². The van der Waals surface area contributed by atoms with Crippen LogP contribution in [0.25, 0.3) is 27.5 Å². The predicted molar refractivity (Wildman–Crippen MR) is 231 cm³/mol. The molecule has 0 saturated carbocycles. The largest absolute Gasteiger partial charge is 0.454 e. The first-order valence-corrected chi connectivity index (χ1v) is 19.5. The summed E-state index contributed by atoms with van der Waals surface area (Å²) in [4.78, 5) is 2.51. The number of furan rings is 1. The zero-order chi connectivity index (χ0) is 37.5. The van der Waals surface area contributed by atoms with Crippen LogP contribution in [0.5, 0.6) is 0 Å². The topological polar surface area (TPSA) is 28.4 Å². The number of hydrogen-bond donors (Lipinski definition) is 1. The third-order valence-electron chi connectivity index (χ3n) is 12.4. The molecule has 0 saturated heterocycles. The molecule has 0 amide bonds. The summed E-state index contributed by atoms with van der Waals surface area (Å²) in [6.07, 6.45) is 0. The van der Waals surface area contributed by atoms with Crippen molar-refractivity contribution in [1.29, 1.82) is 0 Å². The Kier molecular flexibility index (Phi) is 6.77. The van der Waals surface area contributed by atoms with Crippen molar-refractivity contribution in [3.05, 3.63) is 154 Å². The maximum atomic E-state index is 6.98. The van der Waals surface area contributed by atoms with Crippen molar-refractivity contribution in [2.75, 3.05) is 10.2 Å². The zero-order valence-electron chi connectivity index (χ0n) is 32.9. The molecule has 1 aliphatic carbocycles. The van der Waals surface area contributed by atoms with Gasteiger partial charge in [0.05, 0.1) is 5.69 Å². The summed E-state index contributed by atoms with van der Waals surface area (Å²) in [5.41, 5.74) is 20.4. The van der Waals surface area contributed by atoms with Gasteiger partial charge >= 0.3 is 0 Å². The molecule has 3 nitrogen and oxygen atoms in total. The van der Waals surface area contributed by atoms with Crippen LogP contribution in [-0.2, 0) is 16.2 Å². The molecule has 1 N–H and O–H groups in total. The van der Waals surface area contributed by atoms with Gasteiger partial charge in [0.15, 0.2) is 5.58 Å². The molecule has 0 radical (unpaired) electrons. The van der Waals surface area contributed by atoms with E-state index in [0.29, 0.717) is 0 Å². The van der Waals surface area contributed by atoms with Crippen molar-refractivity contribution in [3.8, 4) is 0 Å². The molecule has 0 fully saturated rings. The number of hydrogen-bond acceptors (Lipinski definition) is 3. The summed E-state index contributed by atoms with van der Waals surface area (Å²) in [5, 5.41) is 6.46. The van der Waals surface area contributed by atoms with E-state index in [-0.39, 0.29) is 23.0 Å². The van der Waals surface area contributed by atoms with Crippen LogP contribution in [0.2, 0.25) is 0 Å². The van der Waals surface area contributed by atoms with Gasteiger partial charge in [0.2, 0.25) is 6.71 Å². The summed E-state index contributed by atoms with van der Waals surface area (Å²) in [6, 6.07) is 43.7. The minimum atomic E-state index is -0.210. The monoisotopic (exact) mass is 702 g/mol. The Hall–Kier alpha value is -5.48. The highest BCUT2D eigenvalue weighted by molar-refractivity contribution is 6.99. The maximum Gasteiger partial charge on any atom is 0.249 e. The van der Waals surface area contributed by atoms with Gasteiger partial charge < -0.3 is 14.6 Å². The first-order valence-electron chi connectivity index (χ1n) is 19.5. The minimum absolute atomic E-state index is 0.0194. The third-order valence-corrected chi connectivity index (χ3v) is 12.4. The number of nitrogens with zero attached hydrogens (tertiary/aromatic N) is 1. The lowest BCUT2D eigenvalue weighted by molar-refractivity contribution is 0.587. The van der Waals surface area contributed by atoms with Gasteiger partial charge in [-0.15, -0.1) is 0 Å². The number of para-hydroxylation sites is 1. The van der Waals surface area contributed by atoms with Gasteiger partial charge in [0, 0.05) is 44.5 Å². The normalized spacial score (nSPS) is 15.6. The molecule has 54 heavy (non-hydrogen) atoms.